The Morgan fingerprint density at radius 1 is 1.25 bits per heavy atom. The van der Waals surface area contributed by atoms with Gasteiger partial charge in [0, 0.05) is 7.05 Å². The van der Waals surface area contributed by atoms with Crippen LogP contribution in [0.5, 0.6) is 5.88 Å². The van der Waals surface area contributed by atoms with Gasteiger partial charge < -0.3 is 10.1 Å². The van der Waals surface area contributed by atoms with Crippen LogP contribution >= 0.6 is 0 Å². The predicted molar refractivity (Wildman–Crippen MR) is 57.7 cm³/mol. The number of nitrogens with one attached hydrogen (secondary N) is 2. The van der Waals surface area contributed by atoms with Crippen molar-refractivity contribution in [1.29, 1.82) is 0 Å². The molecule has 0 saturated carbocycles. The summed E-state index contributed by atoms with van der Waals surface area (Å²) in [4.78, 5) is 7.55. The van der Waals surface area contributed by atoms with Crippen LogP contribution in [0.3, 0.4) is 0 Å². The molecule has 0 aliphatic rings. The Kier molecular flexibility index (Phi) is 3.36. The van der Waals surface area contributed by atoms with Crippen LogP contribution in [0.25, 0.3) is 11.0 Å². The van der Waals surface area contributed by atoms with Gasteiger partial charge in [-0.05, 0) is 0 Å². The molecule has 0 unspecified atom stereocenters. The van der Waals surface area contributed by atoms with E-state index >= 15 is 0 Å². The fraction of sp³-hybridized carbons (Fsp3) is 0.444. The quantitative estimate of drug-likeness (QED) is 0.844. The third kappa shape index (κ3) is 2.56. The highest BCUT2D eigenvalue weighted by Gasteiger charge is 2.58. The van der Waals surface area contributed by atoms with Crippen molar-refractivity contribution < 1.29 is 26.7 Å². The molecule has 2 rings (SSSR count). The number of aromatic nitrogens is 4. The molecule has 0 fully saturated rings. The lowest BCUT2D eigenvalue weighted by Gasteiger charge is -2.19. The van der Waals surface area contributed by atoms with E-state index < -0.39 is 24.6 Å². The first-order valence-electron chi connectivity index (χ1n) is 5.21. The second-order valence-electron chi connectivity index (χ2n) is 3.73. The topological polar surface area (TPSA) is 75.7 Å². The summed E-state index contributed by atoms with van der Waals surface area (Å²) in [5, 5.41) is 8.63. The lowest BCUT2D eigenvalue weighted by molar-refractivity contribution is -0.290. The number of rotatable bonds is 4. The van der Waals surface area contributed by atoms with E-state index in [2.05, 4.69) is 30.2 Å². The molecule has 0 radical (unpaired) electrons. The Hall–Kier alpha value is -2.20. The van der Waals surface area contributed by atoms with Gasteiger partial charge in [0.1, 0.15) is 5.39 Å². The molecule has 0 saturated heterocycles. The molecule has 11 heteroatoms. The van der Waals surface area contributed by atoms with Gasteiger partial charge >= 0.3 is 12.1 Å². The van der Waals surface area contributed by atoms with Crippen LogP contribution in [0, 0.1) is 0 Å². The molecule has 2 aromatic rings. The standard InChI is InChI=1S/C9H8F5N5O/c1-15-7-17-5-4(2-16-19-5)6(18-7)20-3-8(10,11)9(12,13)14/h2H,3H2,1H3,(H2,15,16,17,18,19). The molecule has 0 aromatic carbocycles. The van der Waals surface area contributed by atoms with Crippen molar-refractivity contribution in [3.63, 3.8) is 0 Å². The normalized spacial score (nSPS) is 12.7. The predicted octanol–water partition coefficient (Wildman–Crippen LogP) is 1.97. The first kappa shape index (κ1) is 14.2. The zero-order valence-electron chi connectivity index (χ0n) is 9.92. The third-order valence-electron chi connectivity index (χ3n) is 2.30. The number of nitrogens with zero attached hydrogens (tertiary/aromatic N) is 3. The van der Waals surface area contributed by atoms with E-state index in [4.69, 9.17) is 0 Å². The summed E-state index contributed by atoms with van der Waals surface area (Å²) >= 11 is 0. The Labute approximate surface area is 108 Å². The molecule has 0 aliphatic carbocycles. The largest absolute Gasteiger partial charge is 0.470 e. The van der Waals surface area contributed by atoms with Gasteiger partial charge in [-0.2, -0.15) is 37.0 Å². The van der Waals surface area contributed by atoms with Gasteiger partial charge in [0.25, 0.3) is 0 Å². The molecule has 0 aliphatic heterocycles. The van der Waals surface area contributed by atoms with Crippen LogP contribution in [0.2, 0.25) is 0 Å². The number of aromatic amines is 1. The SMILES string of the molecule is CNc1nc(OCC(F)(F)C(F)(F)F)c2cn[nH]c2n1. The van der Waals surface area contributed by atoms with Gasteiger partial charge in [-0.1, -0.05) is 0 Å². The van der Waals surface area contributed by atoms with Gasteiger partial charge in [0.2, 0.25) is 11.8 Å². The minimum absolute atomic E-state index is 0.00734. The Morgan fingerprint density at radius 3 is 2.55 bits per heavy atom. The summed E-state index contributed by atoms with van der Waals surface area (Å²) in [6.45, 7) is -1.88. The molecule has 0 bridgehead atoms. The minimum Gasteiger partial charge on any atom is -0.470 e. The molecule has 110 valence electrons. The molecule has 2 aromatic heterocycles. The second-order valence-corrected chi connectivity index (χ2v) is 3.73. The molecule has 0 amide bonds. The Balaban J connectivity index is 2.27. The monoisotopic (exact) mass is 297 g/mol. The van der Waals surface area contributed by atoms with E-state index in [-0.39, 0.29) is 17.0 Å². The number of hydrogen-bond acceptors (Lipinski definition) is 5. The average Bonchev–Trinajstić information content (AvgIpc) is 2.82. The molecular formula is C9H8F5N5O. The first-order chi connectivity index (χ1) is 9.24. The average molecular weight is 297 g/mol. The van der Waals surface area contributed by atoms with E-state index in [1.165, 1.54) is 7.05 Å². The molecule has 6 nitrogen and oxygen atoms in total. The lowest BCUT2D eigenvalue weighted by atomic mass is 10.3. The molecule has 0 spiro atoms. The smallest absolute Gasteiger partial charge is 0.456 e. The van der Waals surface area contributed by atoms with Crippen molar-refractivity contribution in [1.82, 2.24) is 20.2 Å². The zero-order valence-corrected chi connectivity index (χ0v) is 9.92. The maximum Gasteiger partial charge on any atom is 0.456 e. The maximum atomic E-state index is 12.8. The number of fused-ring (bicyclic) bond motifs is 1. The highest BCUT2D eigenvalue weighted by molar-refractivity contribution is 5.80. The van der Waals surface area contributed by atoms with Gasteiger partial charge in [0.15, 0.2) is 12.3 Å². The number of ether oxygens (including phenoxy) is 1. The minimum atomic E-state index is -5.69. The summed E-state index contributed by atoms with van der Waals surface area (Å²) in [6, 6.07) is 0. The lowest BCUT2D eigenvalue weighted by Crippen LogP contribution is -2.41. The zero-order chi connectivity index (χ0) is 15.0. The number of H-pyrrole nitrogens is 1. The Morgan fingerprint density at radius 2 is 1.95 bits per heavy atom. The van der Waals surface area contributed by atoms with Crippen molar-refractivity contribution in [2.75, 3.05) is 19.0 Å². The molecule has 2 heterocycles. The first-order valence-corrected chi connectivity index (χ1v) is 5.21. The number of hydrogen-bond donors (Lipinski definition) is 2. The van der Waals surface area contributed by atoms with E-state index in [1.54, 1.807) is 0 Å². The van der Waals surface area contributed by atoms with Crippen LogP contribution in [0.1, 0.15) is 0 Å². The van der Waals surface area contributed by atoms with Crippen molar-refractivity contribution in [2.24, 2.45) is 0 Å². The number of halogens is 5. The van der Waals surface area contributed by atoms with Crippen molar-refractivity contribution in [3.8, 4) is 5.88 Å². The highest BCUT2D eigenvalue weighted by Crippen LogP contribution is 2.36. The van der Waals surface area contributed by atoms with E-state index in [0.717, 1.165) is 6.20 Å². The van der Waals surface area contributed by atoms with Crippen LogP contribution < -0.4 is 10.1 Å². The number of anilines is 1. The summed E-state index contributed by atoms with van der Waals surface area (Å²) in [5.41, 5.74) is 0.148. The second kappa shape index (κ2) is 4.72. The van der Waals surface area contributed by atoms with Gasteiger partial charge in [-0.25, -0.2) is 0 Å². The van der Waals surface area contributed by atoms with Gasteiger partial charge in [-0.3, -0.25) is 5.10 Å². The van der Waals surface area contributed by atoms with Gasteiger partial charge in [0.05, 0.1) is 6.20 Å². The summed E-state index contributed by atoms with van der Waals surface area (Å²) in [5.74, 6) is -5.41. The fourth-order valence-electron chi connectivity index (χ4n) is 1.27. The van der Waals surface area contributed by atoms with Crippen molar-refractivity contribution >= 4 is 17.0 Å². The summed E-state index contributed by atoms with van der Waals surface area (Å²) in [6.07, 6.45) is -4.53. The van der Waals surface area contributed by atoms with E-state index in [0.29, 0.717) is 0 Å². The third-order valence-corrected chi connectivity index (χ3v) is 2.30. The molecular weight excluding hydrogens is 289 g/mol. The fourth-order valence-corrected chi connectivity index (χ4v) is 1.27. The van der Waals surface area contributed by atoms with Crippen molar-refractivity contribution in [3.05, 3.63) is 6.20 Å². The molecule has 0 atom stereocenters. The van der Waals surface area contributed by atoms with Crippen LogP contribution in [0.4, 0.5) is 27.9 Å². The maximum absolute atomic E-state index is 12.8. The van der Waals surface area contributed by atoms with Crippen LogP contribution in [0.15, 0.2) is 6.20 Å². The Bertz CT molecular complexity index is 610. The molecule has 20 heavy (non-hydrogen) atoms. The van der Waals surface area contributed by atoms with Gasteiger partial charge in [-0.15, -0.1) is 0 Å². The van der Waals surface area contributed by atoms with Crippen molar-refractivity contribution in [2.45, 2.75) is 12.1 Å². The highest BCUT2D eigenvalue weighted by atomic mass is 19.4. The van der Waals surface area contributed by atoms with Crippen LogP contribution in [-0.2, 0) is 0 Å². The van der Waals surface area contributed by atoms with E-state index in [9.17, 15) is 22.0 Å². The summed E-state index contributed by atoms with van der Waals surface area (Å²) in [7, 11) is 1.45. The number of alkyl halides is 5. The molecule has 2 N–H and O–H groups in total. The summed E-state index contributed by atoms with van der Waals surface area (Å²) < 4.78 is 66.2. The van der Waals surface area contributed by atoms with E-state index in [1.807, 2.05) is 0 Å². The van der Waals surface area contributed by atoms with Crippen LogP contribution in [-0.4, -0.2) is 45.9 Å².